The summed E-state index contributed by atoms with van der Waals surface area (Å²) in [6.45, 7) is 0. The lowest BCUT2D eigenvalue weighted by molar-refractivity contribution is -0.145. The fourth-order valence-electron chi connectivity index (χ4n) is 1.79. The highest BCUT2D eigenvalue weighted by Gasteiger charge is 2.39. The van der Waals surface area contributed by atoms with E-state index in [1.807, 2.05) is 0 Å². The van der Waals surface area contributed by atoms with Crippen LogP contribution in [0.2, 0.25) is 15.1 Å². The van der Waals surface area contributed by atoms with Gasteiger partial charge < -0.3 is 0 Å². The Morgan fingerprint density at radius 2 is 1.39 bits per heavy atom. The van der Waals surface area contributed by atoms with Crippen molar-refractivity contribution in [2.24, 2.45) is 0 Å². The topological polar surface area (TPSA) is 12.9 Å². The van der Waals surface area contributed by atoms with Crippen molar-refractivity contribution < 1.29 is 26.3 Å². The van der Waals surface area contributed by atoms with Gasteiger partial charge in [-0.25, -0.2) is 0 Å². The van der Waals surface area contributed by atoms with Crippen LogP contribution < -0.4 is 0 Å². The van der Waals surface area contributed by atoms with E-state index in [4.69, 9.17) is 34.8 Å². The van der Waals surface area contributed by atoms with Crippen molar-refractivity contribution in [1.29, 1.82) is 0 Å². The van der Waals surface area contributed by atoms with Gasteiger partial charge in [0.1, 0.15) is 5.69 Å². The first kappa shape index (κ1) is 18.2. The average Bonchev–Trinajstić information content (AvgIpc) is 2.42. The highest BCUT2D eigenvalue weighted by Crippen LogP contribution is 2.44. The lowest BCUT2D eigenvalue weighted by atomic mass is 10.0. The maximum absolute atomic E-state index is 13.1. The van der Waals surface area contributed by atoms with Crippen molar-refractivity contribution in [2.45, 2.75) is 12.4 Å². The van der Waals surface area contributed by atoms with Crippen molar-refractivity contribution in [3.8, 4) is 11.1 Å². The summed E-state index contributed by atoms with van der Waals surface area (Å²) >= 11 is 17.3. The Morgan fingerprint density at radius 3 is 1.91 bits per heavy atom. The number of rotatable bonds is 1. The SMILES string of the molecule is FC(F)(F)c1cc(C(F)(F)F)c(-c2ccc(Cl)c(Cl)c2Cl)cn1. The molecule has 0 bridgehead atoms. The van der Waals surface area contributed by atoms with Crippen LogP contribution in [0.4, 0.5) is 26.3 Å². The lowest BCUT2D eigenvalue weighted by Gasteiger charge is -2.16. The molecule has 2 aromatic rings. The maximum Gasteiger partial charge on any atom is 0.433 e. The third kappa shape index (κ3) is 3.67. The third-order valence-corrected chi connectivity index (χ3v) is 4.12. The summed E-state index contributed by atoms with van der Waals surface area (Å²) in [5.74, 6) is 0. The van der Waals surface area contributed by atoms with Crippen LogP contribution in [0.15, 0.2) is 24.4 Å². The van der Waals surface area contributed by atoms with Crippen molar-refractivity contribution in [1.82, 2.24) is 4.98 Å². The van der Waals surface area contributed by atoms with Gasteiger partial charge in [-0.3, -0.25) is 4.98 Å². The summed E-state index contributed by atoms with van der Waals surface area (Å²) in [5, 5.41) is -0.529. The summed E-state index contributed by atoms with van der Waals surface area (Å²) in [4.78, 5) is 3.03. The van der Waals surface area contributed by atoms with Gasteiger partial charge in [0, 0.05) is 17.3 Å². The fourth-order valence-corrected chi connectivity index (χ4v) is 2.43. The molecular weight excluding hydrogens is 390 g/mol. The fraction of sp³-hybridized carbons (Fsp3) is 0.154. The van der Waals surface area contributed by atoms with Gasteiger partial charge in [-0.15, -0.1) is 0 Å². The molecule has 1 nitrogen and oxygen atoms in total. The molecule has 0 aliphatic rings. The maximum atomic E-state index is 13.1. The number of hydrogen-bond acceptors (Lipinski definition) is 1. The number of hydrogen-bond donors (Lipinski definition) is 0. The van der Waals surface area contributed by atoms with Gasteiger partial charge in [0.2, 0.25) is 0 Å². The molecule has 0 N–H and O–H groups in total. The molecule has 0 spiro atoms. The van der Waals surface area contributed by atoms with E-state index in [0.29, 0.717) is 6.20 Å². The minimum Gasteiger partial charge on any atom is -0.251 e. The van der Waals surface area contributed by atoms with Crippen LogP contribution in [0.5, 0.6) is 0 Å². The van der Waals surface area contributed by atoms with E-state index < -0.39 is 29.2 Å². The Kier molecular flexibility index (Phi) is 4.76. The predicted molar refractivity (Wildman–Crippen MR) is 74.7 cm³/mol. The first-order valence-electron chi connectivity index (χ1n) is 5.71. The Hall–Kier alpha value is -1.18. The van der Waals surface area contributed by atoms with Crippen LogP contribution >= 0.6 is 34.8 Å². The monoisotopic (exact) mass is 393 g/mol. The first-order chi connectivity index (χ1) is 10.4. The average molecular weight is 395 g/mol. The summed E-state index contributed by atoms with van der Waals surface area (Å²) < 4.78 is 77.1. The minimum absolute atomic E-state index is 0.00570. The van der Waals surface area contributed by atoms with Gasteiger partial charge >= 0.3 is 12.4 Å². The molecule has 0 atom stereocenters. The van der Waals surface area contributed by atoms with Crippen LogP contribution in [0, 0.1) is 0 Å². The normalized spacial score (nSPS) is 12.6. The molecule has 1 aromatic heterocycles. The van der Waals surface area contributed by atoms with E-state index >= 15 is 0 Å². The third-order valence-electron chi connectivity index (χ3n) is 2.83. The molecule has 0 fully saturated rings. The van der Waals surface area contributed by atoms with Crippen LogP contribution in [-0.4, -0.2) is 4.98 Å². The second-order valence-electron chi connectivity index (χ2n) is 4.33. The Bertz CT molecular complexity index is 755. The molecule has 0 aliphatic carbocycles. The van der Waals surface area contributed by atoms with Gasteiger partial charge in [0.25, 0.3) is 0 Å². The predicted octanol–water partition coefficient (Wildman–Crippen LogP) is 6.75. The number of pyridine rings is 1. The lowest BCUT2D eigenvalue weighted by Crippen LogP contribution is -2.14. The van der Waals surface area contributed by atoms with Crippen LogP contribution in [0.3, 0.4) is 0 Å². The quantitative estimate of drug-likeness (QED) is 0.385. The Labute approximate surface area is 140 Å². The van der Waals surface area contributed by atoms with Gasteiger partial charge in [-0.1, -0.05) is 40.9 Å². The number of halogens is 9. The molecule has 0 unspecified atom stereocenters. The number of nitrogens with zero attached hydrogens (tertiary/aromatic N) is 1. The number of aromatic nitrogens is 1. The smallest absolute Gasteiger partial charge is 0.251 e. The van der Waals surface area contributed by atoms with E-state index in [0.717, 1.165) is 6.07 Å². The highest BCUT2D eigenvalue weighted by atomic mass is 35.5. The van der Waals surface area contributed by atoms with E-state index in [1.165, 1.54) is 6.07 Å². The summed E-state index contributed by atoms with van der Waals surface area (Å²) in [7, 11) is 0. The highest BCUT2D eigenvalue weighted by molar-refractivity contribution is 6.49. The zero-order valence-electron chi connectivity index (χ0n) is 10.7. The van der Waals surface area contributed by atoms with E-state index in [9.17, 15) is 26.3 Å². The molecule has 2 rings (SSSR count). The Balaban J connectivity index is 2.76. The summed E-state index contributed by atoms with van der Waals surface area (Å²) in [5.41, 5.74) is -4.05. The molecule has 0 saturated carbocycles. The first-order valence-corrected chi connectivity index (χ1v) is 6.84. The summed E-state index contributed by atoms with van der Waals surface area (Å²) in [6, 6.07) is 2.23. The molecule has 124 valence electrons. The molecule has 1 heterocycles. The molecular formula is C13H4Cl3F6N. The van der Waals surface area contributed by atoms with E-state index in [-0.39, 0.29) is 26.7 Å². The summed E-state index contributed by atoms with van der Waals surface area (Å²) in [6.07, 6.45) is -9.61. The molecule has 0 saturated heterocycles. The second kappa shape index (κ2) is 6.03. The largest absolute Gasteiger partial charge is 0.433 e. The zero-order chi connectivity index (χ0) is 17.6. The zero-order valence-corrected chi connectivity index (χ0v) is 12.9. The van der Waals surface area contributed by atoms with Crippen molar-refractivity contribution in [2.75, 3.05) is 0 Å². The van der Waals surface area contributed by atoms with Gasteiger partial charge in [-0.05, 0) is 12.1 Å². The van der Waals surface area contributed by atoms with Crippen LogP contribution in [0.1, 0.15) is 11.3 Å². The van der Waals surface area contributed by atoms with E-state index in [1.54, 1.807) is 0 Å². The number of alkyl halides is 6. The second-order valence-corrected chi connectivity index (χ2v) is 5.50. The standard InChI is InChI=1S/C13H4Cl3F6N/c14-8-2-1-5(10(15)11(8)16)6-4-23-9(13(20,21)22)3-7(6)12(17,18)19/h1-4H. The van der Waals surface area contributed by atoms with Crippen molar-refractivity contribution in [3.05, 3.63) is 50.7 Å². The van der Waals surface area contributed by atoms with Gasteiger partial charge in [0.15, 0.2) is 0 Å². The van der Waals surface area contributed by atoms with Gasteiger partial charge in [-0.2, -0.15) is 26.3 Å². The van der Waals surface area contributed by atoms with Crippen molar-refractivity contribution >= 4 is 34.8 Å². The number of benzene rings is 1. The molecule has 0 aliphatic heterocycles. The van der Waals surface area contributed by atoms with Crippen LogP contribution in [0.25, 0.3) is 11.1 Å². The van der Waals surface area contributed by atoms with Crippen molar-refractivity contribution in [3.63, 3.8) is 0 Å². The van der Waals surface area contributed by atoms with Gasteiger partial charge in [0.05, 0.1) is 20.6 Å². The molecule has 1 aromatic carbocycles. The Morgan fingerprint density at radius 1 is 0.783 bits per heavy atom. The van der Waals surface area contributed by atoms with E-state index in [2.05, 4.69) is 4.98 Å². The molecule has 0 amide bonds. The van der Waals surface area contributed by atoms with Crippen LogP contribution in [-0.2, 0) is 12.4 Å². The molecule has 0 radical (unpaired) electrons. The molecule has 23 heavy (non-hydrogen) atoms. The molecule has 10 heteroatoms. The minimum atomic E-state index is -5.05.